The molecule has 0 aliphatic heterocycles. The largest absolute Gasteiger partial charge is 0.348 e. The lowest BCUT2D eigenvalue weighted by molar-refractivity contribution is 0.999. The van der Waals surface area contributed by atoms with Gasteiger partial charge in [-0.2, -0.15) is 10.2 Å². The Kier molecular flexibility index (Phi) is 3.02. The predicted octanol–water partition coefficient (Wildman–Crippen LogP) is 2.94. The molecule has 0 radical (unpaired) electrons. The number of hydrogen-bond donors (Lipinski definition) is 2. The van der Waals surface area contributed by atoms with Crippen molar-refractivity contribution in [3.63, 3.8) is 0 Å². The second-order valence-corrected chi connectivity index (χ2v) is 6.18. The molecule has 2 N–H and O–H groups in total. The fourth-order valence-corrected chi connectivity index (χ4v) is 3.33. The first kappa shape index (κ1) is 14.6. The van der Waals surface area contributed by atoms with Gasteiger partial charge >= 0.3 is 5.69 Å². The smallest absolute Gasteiger partial charge is 0.278 e. The molecule has 0 atom stereocenters. The van der Waals surface area contributed by atoms with Crippen molar-refractivity contribution in [1.82, 2.24) is 29.8 Å². The van der Waals surface area contributed by atoms with E-state index in [1.54, 1.807) is 6.20 Å². The number of nitrogens with zero attached hydrogens (tertiary/aromatic N) is 4. The van der Waals surface area contributed by atoms with Crippen LogP contribution >= 0.6 is 0 Å². The quantitative estimate of drug-likeness (QED) is 0.516. The minimum absolute atomic E-state index is 0.311. The van der Waals surface area contributed by atoms with Crippen LogP contribution in [0.25, 0.3) is 38.9 Å². The highest BCUT2D eigenvalue weighted by molar-refractivity contribution is 5.94. The number of rotatable bonds is 2. The lowest BCUT2D eigenvalue weighted by Crippen LogP contribution is -2.10. The third-order valence-corrected chi connectivity index (χ3v) is 4.55. The SMILES string of the molecule is Cc1cc(-c2c(-c3ccccc3)ncn3c(=O)[nH]nc23)cc2cn[nH]c12. The number of nitrogens with one attached hydrogen (secondary N) is 2. The van der Waals surface area contributed by atoms with Crippen molar-refractivity contribution in [1.29, 1.82) is 0 Å². The maximum Gasteiger partial charge on any atom is 0.348 e. The molecule has 3 aromatic heterocycles. The molecule has 0 aliphatic rings. The van der Waals surface area contributed by atoms with Gasteiger partial charge in [0.05, 0.1) is 23.0 Å². The molecule has 0 unspecified atom stereocenters. The van der Waals surface area contributed by atoms with Crippen molar-refractivity contribution in [2.45, 2.75) is 6.92 Å². The Morgan fingerprint density at radius 2 is 1.88 bits per heavy atom. The average Bonchev–Trinajstić information content (AvgIpc) is 3.29. The number of aryl methyl sites for hydroxylation is 1. The second kappa shape index (κ2) is 5.38. The summed E-state index contributed by atoms with van der Waals surface area (Å²) in [6, 6.07) is 14.0. The van der Waals surface area contributed by atoms with Gasteiger partial charge in [-0.1, -0.05) is 30.3 Å². The molecule has 5 rings (SSSR count). The van der Waals surface area contributed by atoms with Gasteiger partial charge in [0.2, 0.25) is 0 Å². The van der Waals surface area contributed by atoms with E-state index in [-0.39, 0.29) is 5.69 Å². The molecule has 2 aromatic carbocycles. The lowest BCUT2D eigenvalue weighted by atomic mass is 9.97. The van der Waals surface area contributed by atoms with Gasteiger partial charge in [0.15, 0.2) is 5.65 Å². The van der Waals surface area contributed by atoms with Gasteiger partial charge in [-0.05, 0) is 30.2 Å². The number of fused-ring (bicyclic) bond motifs is 2. The van der Waals surface area contributed by atoms with Crippen molar-refractivity contribution < 1.29 is 0 Å². The van der Waals surface area contributed by atoms with E-state index < -0.39 is 0 Å². The van der Waals surface area contributed by atoms with Crippen LogP contribution in [0.4, 0.5) is 0 Å². The summed E-state index contributed by atoms with van der Waals surface area (Å²) in [5, 5.41) is 14.9. The first-order chi connectivity index (χ1) is 12.7. The number of H-pyrrole nitrogens is 2. The molecule has 0 saturated heterocycles. The van der Waals surface area contributed by atoms with Crippen molar-refractivity contribution >= 4 is 16.6 Å². The van der Waals surface area contributed by atoms with Crippen LogP contribution in [0.3, 0.4) is 0 Å². The van der Waals surface area contributed by atoms with E-state index in [1.807, 2.05) is 43.3 Å². The van der Waals surface area contributed by atoms with E-state index >= 15 is 0 Å². The Balaban J connectivity index is 1.91. The van der Waals surface area contributed by atoms with Gasteiger partial charge in [-0.3, -0.25) is 5.10 Å². The van der Waals surface area contributed by atoms with Crippen LogP contribution in [-0.4, -0.2) is 29.8 Å². The maximum atomic E-state index is 12.0. The van der Waals surface area contributed by atoms with Gasteiger partial charge in [0.25, 0.3) is 0 Å². The summed E-state index contributed by atoms with van der Waals surface area (Å²) in [6.45, 7) is 2.02. The molecule has 26 heavy (non-hydrogen) atoms. The van der Waals surface area contributed by atoms with Gasteiger partial charge < -0.3 is 0 Å². The topological polar surface area (TPSA) is 91.7 Å². The normalized spacial score (nSPS) is 11.4. The van der Waals surface area contributed by atoms with Crippen LogP contribution in [0, 0.1) is 6.92 Å². The van der Waals surface area contributed by atoms with E-state index in [4.69, 9.17) is 0 Å². The van der Waals surface area contributed by atoms with E-state index in [1.165, 1.54) is 10.7 Å². The van der Waals surface area contributed by atoms with Crippen LogP contribution in [0.2, 0.25) is 0 Å². The number of benzene rings is 2. The highest BCUT2D eigenvalue weighted by atomic mass is 16.1. The number of aromatic amines is 2. The minimum Gasteiger partial charge on any atom is -0.278 e. The minimum atomic E-state index is -0.311. The number of aromatic nitrogens is 6. The van der Waals surface area contributed by atoms with Gasteiger partial charge in [-0.15, -0.1) is 0 Å². The number of hydrogen-bond acceptors (Lipinski definition) is 4. The average molecular weight is 342 g/mol. The summed E-state index contributed by atoms with van der Waals surface area (Å²) in [5.74, 6) is 0. The third-order valence-electron chi connectivity index (χ3n) is 4.55. The molecule has 5 aromatic rings. The zero-order chi connectivity index (χ0) is 17.7. The van der Waals surface area contributed by atoms with Crippen molar-refractivity contribution in [2.24, 2.45) is 0 Å². The summed E-state index contributed by atoms with van der Waals surface area (Å²) in [4.78, 5) is 16.6. The molecule has 0 aliphatic carbocycles. The van der Waals surface area contributed by atoms with Gasteiger partial charge in [-0.25, -0.2) is 19.3 Å². The molecule has 3 heterocycles. The van der Waals surface area contributed by atoms with Gasteiger partial charge in [0.1, 0.15) is 6.33 Å². The molecule has 7 nitrogen and oxygen atoms in total. The van der Waals surface area contributed by atoms with E-state index in [0.717, 1.165) is 38.9 Å². The Morgan fingerprint density at radius 1 is 1.04 bits per heavy atom. The zero-order valence-corrected chi connectivity index (χ0v) is 13.9. The molecular formula is C19H14N6O. The van der Waals surface area contributed by atoms with Crippen LogP contribution in [-0.2, 0) is 0 Å². The Morgan fingerprint density at radius 3 is 2.73 bits per heavy atom. The van der Waals surface area contributed by atoms with Crippen molar-refractivity contribution in [3.8, 4) is 22.4 Å². The van der Waals surface area contributed by atoms with E-state index in [9.17, 15) is 4.79 Å². The molecule has 0 amide bonds. The fraction of sp³-hybridized carbons (Fsp3) is 0.0526. The van der Waals surface area contributed by atoms with Crippen molar-refractivity contribution in [3.05, 3.63) is 71.0 Å². The standard InChI is InChI=1S/C19H14N6O/c1-11-7-13(8-14-9-21-22-16(11)14)15-17(12-5-3-2-4-6-12)20-10-25-18(15)23-24-19(25)26/h2-10H,1H3,(H,21,22)(H,24,26). The van der Waals surface area contributed by atoms with Crippen LogP contribution in [0.1, 0.15) is 5.56 Å². The molecule has 0 spiro atoms. The Labute approximate surface area is 147 Å². The monoisotopic (exact) mass is 342 g/mol. The van der Waals surface area contributed by atoms with Gasteiger partial charge in [0, 0.05) is 10.9 Å². The molecule has 0 fully saturated rings. The first-order valence-electron chi connectivity index (χ1n) is 8.17. The summed E-state index contributed by atoms with van der Waals surface area (Å²) in [5.41, 5.74) is 5.78. The summed E-state index contributed by atoms with van der Waals surface area (Å²) < 4.78 is 1.43. The Hall–Kier alpha value is -3.74. The van der Waals surface area contributed by atoms with Crippen LogP contribution in [0.15, 0.2) is 59.8 Å². The predicted molar refractivity (Wildman–Crippen MR) is 98.9 cm³/mol. The van der Waals surface area contributed by atoms with E-state index in [0.29, 0.717) is 5.65 Å². The summed E-state index contributed by atoms with van der Waals surface area (Å²) in [7, 11) is 0. The first-order valence-corrected chi connectivity index (χ1v) is 8.17. The molecule has 0 bridgehead atoms. The second-order valence-electron chi connectivity index (χ2n) is 6.18. The zero-order valence-electron chi connectivity index (χ0n) is 13.9. The molecule has 7 heteroatoms. The maximum absolute atomic E-state index is 12.0. The van der Waals surface area contributed by atoms with Crippen molar-refractivity contribution in [2.75, 3.05) is 0 Å². The fourth-order valence-electron chi connectivity index (χ4n) is 3.33. The molecule has 126 valence electrons. The summed E-state index contributed by atoms with van der Waals surface area (Å²) >= 11 is 0. The summed E-state index contributed by atoms with van der Waals surface area (Å²) in [6.07, 6.45) is 3.30. The lowest BCUT2D eigenvalue weighted by Gasteiger charge is -2.11. The van der Waals surface area contributed by atoms with E-state index in [2.05, 4.69) is 31.4 Å². The Bertz CT molecular complexity index is 1310. The molecule has 0 saturated carbocycles. The third kappa shape index (κ3) is 2.07. The van der Waals surface area contributed by atoms with Crippen LogP contribution < -0.4 is 5.69 Å². The molecular weight excluding hydrogens is 328 g/mol. The highest BCUT2D eigenvalue weighted by Crippen LogP contribution is 2.35. The highest BCUT2D eigenvalue weighted by Gasteiger charge is 2.18. The van der Waals surface area contributed by atoms with Crippen LogP contribution in [0.5, 0.6) is 0 Å².